The van der Waals surface area contributed by atoms with E-state index in [0.29, 0.717) is 28.4 Å². The van der Waals surface area contributed by atoms with Gasteiger partial charge in [-0.15, -0.1) is 0 Å². The number of carbonyl (C=O) groups excluding carboxylic acids is 3. The molecule has 1 saturated heterocycles. The molecule has 0 saturated carbocycles. The third-order valence-electron chi connectivity index (χ3n) is 4.89. The summed E-state index contributed by atoms with van der Waals surface area (Å²) in [5, 5.41) is 2.61. The maximum absolute atomic E-state index is 13.1. The first-order valence-electron chi connectivity index (χ1n) is 9.81. The molecule has 1 fully saturated rings. The fraction of sp³-hybridized carbons (Fsp3) is 0.261. The van der Waals surface area contributed by atoms with Crippen molar-refractivity contribution in [2.24, 2.45) is 0 Å². The zero-order valence-corrected chi connectivity index (χ0v) is 17.8. The first-order valence-corrected chi connectivity index (χ1v) is 10.2. The van der Waals surface area contributed by atoms with Crippen molar-refractivity contribution in [3.05, 3.63) is 64.2 Å². The first-order chi connectivity index (χ1) is 14.3. The van der Waals surface area contributed by atoms with E-state index in [2.05, 4.69) is 5.32 Å². The van der Waals surface area contributed by atoms with Crippen LogP contribution in [0.25, 0.3) is 6.08 Å². The van der Waals surface area contributed by atoms with E-state index in [4.69, 9.17) is 16.3 Å². The normalized spacial score (nSPS) is 16.6. The molecule has 2 aromatic rings. The number of barbiturate groups is 1. The van der Waals surface area contributed by atoms with E-state index in [1.54, 1.807) is 30.3 Å². The van der Waals surface area contributed by atoms with E-state index < -0.39 is 17.8 Å². The van der Waals surface area contributed by atoms with Crippen LogP contribution in [-0.2, 0) is 16.0 Å². The number of nitrogens with zero attached hydrogens (tertiary/aromatic N) is 1. The van der Waals surface area contributed by atoms with Crippen LogP contribution in [0.5, 0.6) is 5.75 Å². The van der Waals surface area contributed by atoms with E-state index in [9.17, 15) is 14.4 Å². The standard InChI is InChI=1S/C23H23ClN2O4/c1-4-14(3)30-20-11-10-15(13-18(20)24)12-17-21(27)25-23(29)26(22(17)28)19-9-7-6-8-16(19)5-2/h6-14H,4-5H2,1-3H3,(H,25,27,29)/b17-12+/t14-/m1/s1. The van der Waals surface area contributed by atoms with Gasteiger partial charge in [-0.2, -0.15) is 0 Å². The van der Waals surface area contributed by atoms with Crippen molar-refractivity contribution in [3.8, 4) is 5.75 Å². The minimum Gasteiger partial charge on any atom is -0.489 e. The minimum atomic E-state index is -0.765. The number of halogens is 1. The number of nitrogens with one attached hydrogen (secondary N) is 1. The second-order valence-electron chi connectivity index (χ2n) is 6.97. The van der Waals surface area contributed by atoms with Crippen LogP contribution in [-0.4, -0.2) is 23.9 Å². The van der Waals surface area contributed by atoms with E-state index in [0.717, 1.165) is 16.9 Å². The summed E-state index contributed by atoms with van der Waals surface area (Å²) >= 11 is 6.30. The molecule has 0 bridgehead atoms. The quantitative estimate of drug-likeness (QED) is 0.534. The lowest BCUT2D eigenvalue weighted by Crippen LogP contribution is -2.54. The number of benzene rings is 2. The van der Waals surface area contributed by atoms with Gasteiger partial charge in [-0.1, -0.05) is 49.7 Å². The Kier molecular flexibility index (Phi) is 6.57. The van der Waals surface area contributed by atoms with Crippen LogP contribution < -0.4 is 15.0 Å². The summed E-state index contributed by atoms with van der Waals surface area (Å²) in [5.74, 6) is -0.895. The fourth-order valence-corrected chi connectivity index (χ4v) is 3.31. The third-order valence-corrected chi connectivity index (χ3v) is 5.18. The molecule has 1 N–H and O–H groups in total. The van der Waals surface area contributed by atoms with Crippen LogP contribution in [0.2, 0.25) is 5.02 Å². The number of ether oxygens (including phenoxy) is 1. The highest BCUT2D eigenvalue weighted by Crippen LogP contribution is 2.29. The zero-order valence-electron chi connectivity index (χ0n) is 17.1. The number of aryl methyl sites for hydroxylation is 1. The molecule has 4 amide bonds. The Labute approximate surface area is 180 Å². The number of hydrogen-bond acceptors (Lipinski definition) is 4. The Hall–Kier alpha value is -3.12. The van der Waals surface area contributed by atoms with Gasteiger partial charge in [0.05, 0.1) is 16.8 Å². The smallest absolute Gasteiger partial charge is 0.335 e. The van der Waals surface area contributed by atoms with Crippen LogP contribution in [0, 0.1) is 0 Å². The van der Waals surface area contributed by atoms with E-state index in [-0.39, 0.29) is 11.7 Å². The second kappa shape index (κ2) is 9.13. The number of hydrogen-bond donors (Lipinski definition) is 1. The molecule has 3 rings (SSSR count). The Morgan fingerprint density at radius 2 is 1.87 bits per heavy atom. The number of amides is 4. The molecule has 0 spiro atoms. The van der Waals surface area contributed by atoms with Gasteiger partial charge in [0.1, 0.15) is 11.3 Å². The molecular formula is C23H23ClN2O4. The van der Waals surface area contributed by atoms with Crippen LogP contribution in [0.1, 0.15) is 38.3 Å². The highest BCUT2D eigenvalue weighted by Gasteiger charge is 2.37. The van der Waals surface area contributed by atoms with Crippen molar-refractivity contribution < 1.29 is 19.1 Å². The number of para-hydroxylation sites is 1. The summed E-state index contributed by atoms with van der Waals surface area (Å²) in [6.07, 6.45) is 2.90. The van der Waals surface area contributed by atoms with Crippen molar-refractivity contribution >= 4 is 41.2 Å². The summed E-state index contributed by atoms with van der Waals surface area (Å²) in [6.45, 7) is 5.88. The largest absolute Gasteiger partial charge is 0.489 e. The molecule has 7 heteroatoms. The summed E-state index contributed by atoms with van der Waals surface area (Å²) < 4.78 is 5.74. The molecule has 2 aromatic carbocycles. The Balaban J connectivity index is 1.96. The summed E-state index contributed by atoms with van der Waals surface area (Å²) in [6, 6.07) is 11.4. The molecule has 1 aliphatic heterocycles. The Morgan fingerprint density at radius 1 is 1.13 bits per heavy atom. The average Bonchev–Trinajstić information content (AvgIpc) is 2.73. The molecule has 1 aliphatic rings. The maximum Gasteiger partial charge on any atom is 0.335 e. The van der Waals surface area contributed by atoms with Gasteiger partial charge in [-0.05, 0) is 55.2 Å². The predicted molar refractivity (Wildman–Crippen MR) is 117 cm³/mol. The van der Waals surface area contributed by atoms with E-state index in [1.807, 2.05) is 32.9 Å². The number of carbonyl (C=O) groups is 3. The van der Waals surface area contributed by atoms with Crippen molar-refractivity contribution in [2.45, 2.75) is 39.7 Å². The predicted octanol–water partition coefficient (Wildman–Crippen LogP) is 4.75. The zero-order chi connectivity index (χ0) is 21.8. The summed E-state index contributed by atoms with van der Waals surface area (Å²) in [4.78, 5) is 38.9. The summed E-state index contributed by atoms with van der Waals surface area (Å²) in [7, 11) is 0. The SMILES string of the molecule is CCc1ccccc1N1C(=O)NC(=O)/C(=C\c2ccc(O[C@H](C)CC)c(Cl)c2)C1=O. The number of urea groups is 1. The molecule has 156 valence electrons. The highest BCUT2D eigenvalue weighted by molar-refractivity contribution is 6.39. The third kappa shape index (κ3) is 4.39. The molecule has 6 nitrogen and oxygen atoms in total. The first kappa shape index (κ1) is 21.6. The van der Waals surface area contributed by atoms with Crippen molar-refractivity contribution in [1.82, 2.24) is 5.32 Å². The van der Waals surface area contributed by atoms with Crippen LogP contribution in [0.4, 0.5) is 10.5 Å². The number of rotatable bonds is 6. The molecule has 0 radical (unpaired) electrons. The van der Waals surface area contributed by atoms with Gasteiger partial charge >= 0.3 is 6.03 Å². The molecule has 0 aromatic heterocycles. The van der Waals surface area contributed by atoms with Crippen LogP contribution in [0.15, 0.2) is 48.0 Å². The van der Waals surface area contributed by atoms with Gasteiger partial charge in [-0.3, -0.25) is 14.9 Å². The van der Waals surface area contributed by atoms with Gasteiger partial charge < -0.3 is 4.74 Å². The fourth-order valence-electron chi connectivity index (χ4n) is 3.07. The topological polar surface area (TPSA) is 75.7 Å². The summed E-state index contributed by atoms with van der Waals surface area (Å²) in [5.41, 5.74) is 1.68. The molecule has 30 heavy (non-hydrogen) atoms. The lowest BCUT2D eigenvalue weighted by molar-refractivity contribution is -0.122. The maximum atomic E-state index is 13.1. The molecule has 1 heterocycles. The lowest BCUT2D eigenvalue weighted by atomic mass is 10.0. The van der Waals surface area contributed by atoms with Gasteiger partial charge in [0, 0.05) is 0 Å². The average molecular weight is 427 g/mol. The Bertz CT molecular complexity index is 1030. The molecular weight excluding hydrogens is 404 g/mol. The molecule has 0 unspecified atom stereocenters. The second-order valence-corrected chi connectivity index (χ2v) is 7.37. The van der Waals surface area contributed by atoms with Gasteiger partial charge in [0.25, 0.3) is 11.8 Å². The Morgan fingerprint density at radius 3 is 2.53 bits per heavy atom. The lowest BCUT2D eigenvalue weighted by Gasteiger charge is -2.28. The van der Waals surface area contributed by atoms with Crippen molar-refractivity contribution in [2.75, 3.05) is 4.90 Å². The van der Waals surface area contributed by atoms with E-state index >= 15 is 0 Å². The molecule has 0 aliphatic carbocycles. The van der Waals surface area contributed by atoms with Gasteiger partial charge in [0.15, 0.2) is 0 Å². The minimum absolute atomic E-state index is 0.00982. The van der Waals surface area contributed by atoms with Crippen LogP contribution in [0.3, 0.4) is 0 Å². The number of imide groups is 2. The van der Waals surface area contributed by atoms with E-state index in [1.165, 1.54) is 6.08 Å². The van der Waals surface area contributed by atoms with Crippen molar-refractivity contribution in [1.29, 1.82) is 0 Å². The highest BCUT2D eigenvalue weighted by atomic mass is 35.5. The van der Waals surface area contributed by atoms with Crippen molar-refractivity contribution in [3.63, 3.8) is 0 Å². The monoisotopic (exact) mass is 426 g/mol. The number of anilines is 1. The van der Waals surface area contributed by atoms with Gasteiger partial charge in [0.2, 0.25) is 0 Å². The van der Waals surface area contributed by atoms with Gasteiger partial charge in [-0.25, -0.2) is 9.69 Å². The van der Waals surface area contributed by atoms with Crippen LogP contribution >= 0.6 is 11.6 Å². The molecule has 1 atom stereocenters.